The molecule has 2 rings (SSSR count). The van der Waals surface area contributed by atoms with Crippen LogP contribution in [0, 0.1) is 13.8 Å². The predicted molar refractivity (Wildman–Crippen MR) is 58.1 cm³/mol. The molecule has 0 fully saturated rings. The first-order chi connectivity index (χ1) is 7.09. The summed E-state index contributed by atoms with van der Waals surface area (Å²) in [5, 5.41) is 4.33. The van der Waals surface area contributed by atoms with E-state index in [1.165, 1.54) is 0 Å². The summed E-state index contributed by atoms with van der Waals surface area (Å²) in [7, 11) is 1.91. The Morgan fingerprint density at radius 2 is 1.93 bits per heavy atom. The normalized spacial score (nSPS) is 10.6. The summed E-state index contributed by atoms with van der Waals surface area (Å²) >= 11 is 0. The Hall–Kier alpha value is -1.91. The molecule has 15 heavy (non-hydrogen) atoms. The molecule has 0 saturated carbocycles. The van der Waals surface area contributed by atoms with Crippen LogP contribution in [-0.2, 0) is 7.05 Å². The van der Waals surface area contributed by atoms with Gasteiger partial charge in [0, 0.05) is 18.3 Å². The minimum absolute atomic E-state index is 0.429. The van der Waals surface area contributed by atoms with Crippen LogP contribution in [0.25, 0.3) is 11.3 Å². The zero-order chi connectivity index (χ0) is 11.0. The van der Waals surface area contributed by atoms with E-state index < -0.39 is 0 Å². The van der Waals surface area contributed by atoms with Gasteiger partial charge in [-0.3, -0.25) is 9.67 Å². The fraction of sp³-hybridized carbons (Fsp3) is 0.300. The second kappa shape index (κ2) is 3.34. The Bertz CT molecular complexity index is 483. The topological polar surface area (TPSA) is 69.6 Å². The second-order valence-electron chi connectivity index (χ2n) is 3.50. The Morgan fingerprint density at radius 3 is 2.40 bits per heavy atom. The molecule has 0 saturated heterocycles. The molecule has 2 aromatic heterocycles. The Morgan fingerprint density at radius 1 is 1.20 bits per heavy atom. The van der Waals surface area contributed by atoms with Crippen molar-refractivity contribution in [3.8, 4) is 11.3 Å². The van der Waals surface area contributed by atoms with E-state index in [0.29, 0.717) is 5.82 Å². The Kier molecular flexibility index (Phi) is 2.15. The van der Waals surface area contributed by atoms with Crippen molar-refractivity contribution in [3.63, 3.8) is 0 Å². The monoisotopic (exact) mass is 203 g/mol. The number of aryl methyl sites for hydroxylation is 2. The van der Waals surface area contributed by atoms with Crippen molar-refractivity contribution in [2.24, 2.45) is 7.05 Å². The molecular weight excluding hydrogens is 190 g/mol. The minimum Gasteiger partial charge on any atom is -0.382 e. The molecule has 0 radical (unpaired) electrons. The fourth-order valence-electron chi connectivity index (χ4n) is 1.61. The van der Waals surface area contributed by atoms with E-state index in [1.807, 2.05) is 25.6 Å². The molecule has 2 heterocycles. The van der Waals surface area contributed by atoms with Gasteiger partial charge in [-0.1, -0.05) is 0 Å². The maximum atomic E-state index is 5.49. The number of anilines is 1. The number of nitrogens with zero attached hydrogens (tertiary/aromatic N) is 4. The van der Waals surface area contributed by atoms with E-state index in [9.17, 15) is 0 Å². The lowest BCUT2D eigenvalue weighted by Crippen LogP contribution is -1.95. The van der Waals surface area contributed by atoms with Crippen LogP contribution in [0.3, 0.4) is 0 Å². The average Bonchev–Trinajstić information content (AvgIpc) is 2.44. The summed E-state index contributed by atoms with van der Waals surface area (Å²) in [6.07, 6.45) is 3.23. The fourth-order valence-corrected chi connectivity index (χ4v) is 1.61. The third-order valence-electron chi connectivity index (χ3n) is 2.44. The molecule has 0 spiro atoms. The van der Waals surface area contributed by atoms with E-state index in [2.05, 4.69) is 15.1 Å². The van der Waals surface area contributed by atoms with Crippen molar-refractivity contribution in [2.45, 2.75) is 13.8 Å². The first-order valence-corrected chi connectivity index (χ1v) is 4.67. The minimum atomic E-state index is 0.429. The highest BCUT2D eigenvalue weighted by atomic mass is 15.3. The van der Waals surface area contributed by atoms with Crippen molar-refractivity contribution in [2.75, 3.05) is 5.73 Å². The average molecular weight is 203 g/mol. The number of aromatic nitrogens is 4. The van der Waals surface area contributed by atoms with Crippen LogP contribution in [-0.4, -0.2) is 19.7 Å². The predicted octanol–water partition coefficient (Wildman–Crippen LogP) is 1.08. The van der Waals surface area contributed by atoms with Crippen LogP contribution >= 0.6 is 0 Å². The summed E-state index contributed by atoms with van der Waals surface area (Å²) in [4.78, 5) is 8.27. The lowest BCUT2D eigenvalue weighted by molar-refractivity contribution is 0.731. The van der Waals surface area contributed by atoms with E-state index in [4.69, 9.17) is 5.73 Å². The molecule has 78 valence electrons. The smallest absolute Gasteiger partial charge is 0.141 e. The van der Waals surface area contributed by atoms with Crippen molar-refractivity contribution in [3.05, 3.63) is 23.8 Å². The van der Waals surface area contributed by atoms with Crippen LogP contribution in [0.4, 0.5) is 5.82 Å². The number of nitrogens with two attached hydrogens (primary N) is 1. The van der Waals surface area contributed by atoms with E-state index in [1.54, 1.807) is 12.4 Å². The van der Waals surface area contributed by atoms with Crippen molar-refractivity contribution < 1.29 is 0 Å². The third kappa shape index (κ3) is 1.56. The van der Waals surface area contributed by atoms with Gasteiger partial charge < -0.3 is 5.73 Å². The second-order valence-corrected chi connectivity index (χ2v) is 3.50. The Balaban J connectivity index is 2.58. The summed E-state index contributed by atoms with van der Waals surface area (Å²) in [6.45, 7) is 3.97. The van der Waals surface area contributed by atoms with Gasteiger partial charge in [-0.05, 0) is 13.8 Å². The lowest BCUT2D eigenvalue weighted by Gasteiger charge is -2.00. The molecule has 2 N–H and O–H groups in total. The molecule has 5 nitrogen and oxygen atoms in total. The summed E-state index contributed by atoms with van der Waals surface area (Å²) in [5.74, 6) is 0.429. The molecule has 0 unspecified atom stereocenters. The molecule has 0 bridgehead atoms. The molecule has 0 aromatic carbocycles. The van der Waals surface area contributed by atoms with Gasteiger partial charge >= 0.3 is 0 Å². The lowest BCUT2D eigenvalue weighted by atomic mass is 10.1. The van der Waals surface area contributed by atoms with Gasteiger partial charge in [0.15, 0.2) is 0 Å². The van der Waals surface area contributed by atoms with E-state index >= 15 is 0 Å². The molecule has 2 aromatic rings. The van der Waals surface area contributed by atoms with Gasteiger partial charge in [0.1, 0.15) is 5.82 Å². The molecular formula is C10H13N5. The SMILES string of the molecule is Cc1nn(C)c(C)c1-c1cnc(N)cn1. The van der Waals surface area contributed by atoms with Crippen LogP contribution < -0.4 is 5.73 Å². The van der Waals surface area contributed by atoms with Crippen LogP contribution in [0.5, 0.6) is 0 Å². The van der Waals surface area contributed by atoms with Crippen LogP contribution in [0.1, 0.15) is 11.4 Å². The third-order valence-corrected chi connectivity index (χ3v) is 2.44. The van der Waals surface area contributed by atoms with Crippen LogP contribution in [0.2, 0.25) is 0 Å². The first-order valence-electron chi connectivity index (χ1n) is 4.67. The van der Waals surface area contributed by atoms with E-state index in [0.717, 1.165) is 22.6 Å². The zero-order valence-corrected chi connectivity index (χ0v) is 9.02. The zero-order valence-electron chi connectivity index (χ0n) is 9.02. The first kappa shape index (κ1) is 9.64. The molecule has 5 heteroatoms. The van der Waals surface area contributed by atoms with Gasteiger partial charge in [0.2, 0.25) is 0 Å². The molecule has 0 amide bonds. The summed E-state index contributed by atoms with van der Waals surface area (Å²) < 4.78 is 1.84. The van der Waals surface area contributed by atoms with Gasteiger partial charge in [0.05, 0.1) is 23.8 Å². The maximum Gasteiger partial charge on any atom is 0.141 e. The van der Waals surface area contributed by atoms with Gasteiger partial charge in [-0.25, -0.2) is 4.98 Å². The molecule has 0 aliphatic carbocycles. The molecule has 0 aliphatic rings. The highest BCUT2D eigenvalue weighted by Gasteiger charge is 2.12. The largest absolute Gasteiger partial charge is 0.382 e. The highest BCUT2D eigenvalue weighted by Crippen LogP contribution is 2.23. The molecule has 0 atom stereocenters. The standard InChI is InChI=1S/C10H13N5/c1-6-10(7(2)15(3)14-6)8-4-13-9(11)5-12-8/h4-5H,1-3H3,(H2,11,13). The number of hydrogen-bond donors (Lipinski definition) is 1. The number of nitrogen functional groups attached to an aromatic ring is 1. The maximum absolute atomic E-state index is 5.49. The van der Waals surface area contributed by atoms with Crippen molar-refractivity contribution in [1.82, 2.24) is 19.7 Å². The quantitative estimate of drug-likeness (QED) is 0.752. The molecule has 0 aliphatic heterocycles. The Labute approximate surface area is 88.0 Å². The van der Waals surface area contributed by atoms with Gasteiger partial charge in [-0.15, -0.1) is 0 Å². The number of rotatable bonds is 1. The van der Waals surface area contributed by atoms with E-state index in [-0.39, 0.29) is 0 Å². The summed E-state index contributed by atoms with van der Waals surface area (Å²) in [6, 6.07) is 0. The van der Waals surface area contributed by atoms with Crippen LogP contribution in [0.15, 0.2) is 12.4 Å². The van der Waals surface area contributed by atoms with Crippen molar-refractivity contribution >= 4 is 5.82 Å². The summed E-state index contributed by atoms with van der Waals surface area (Å²) in [5.41, 5.74) is 9.36. The number of hydrogen-bond acceptors (Lipinski definition) is 4. The van der Waals surface area contributed by atoms with Crippen molar-refractivity contribution in [1.29, 1.82) is 0 Å². The highest BCUT2D eigenvalue weighted by molar-refractivity contribution is 5.64. The van der Waals surface area contributed by atoms with Gasteiger partial charge in [0.25, 0.3) is 0 Å². The van der Waals surface area contributed by atoms with Gasteiger partial charge in [-0.2, -0.15) is 5.10 Å².